The number of ether oxygens (including phenoxy) is 2. The predicted molar refractivity (Wildman–Crippen MR) is 107 cm³/mol. The molecule has 28 heavy (non-hydrogen) atoms. The van der Waals surface area contributed by atoms with E-state index in [0.29, 0.717) is 35.4 Å². The minimum absolute atomic E-state index is 0.00375. The van der Waals surface area contributed by atoms with Gasteiger partial charge < -0.3 is 14.8 Å². The van der Waals surface area contributed by atoms with Crippen molar-refractivity contribution in [3.63, 3.8) is 0 Å². The molecule has 1 amide bonds. The van der Waals surface area contributed by atoms with Crippen LogP contribution in [-0.2, 0) is 14.8 Å². The number of hydrogen-bond donors (Lipinski definition) is 1. The minimum atomic E-state index is -4.04. The second-order valence-electron chi connectivity index (χ2n) is 6.52. The summed E-state index contributed by atoms with van der Waals surface area (Å²) in [4.78, 5) is 12.3. The van der Waals surface area contributed by atoms with E-state index in [-0.39, 0.29) is 17.5 Å². The molecule has 7 nitrogen and oxygen atoms in total. The van der Waals surface area contributed by atoms with Crippen LogP contribution in [0.25, 0.3) is 0 Å². The maximum Gasteiger partial charge on any atom is 0.264 e. The molecule has 3 rings (SSSR count). The van der Waals surface area contributed by atoms with Gasteiger partial charge in [0.1, 0.15) is 19.8 Å². The van der Waals surface area contributed by atoms with Crippen LogP contribution in [0.3, 0.4) is 0 Å². The lowest BCUT2D eigenvalue weighted by molar-refractivity contribution is -0.120. The van der Waals surface area contributed by atoms with Crippen molar-refractivity contribution < 1.29 is 22.7 Å². The molecule has 1 aliphatic heterocycles. The Morgan fingerprint density at radius 1 is 1.11 bits per heavy atom. The molecule has 0 bridgehead atoms. The summed E-state index contributed by atoms with van der Waals surface area (Å²) in [7, 11) is -4.04. The fourth-order valence-corrected chi connectivity index (χ4v) is 4.29. The maximum atomic E-state index is 13.3. The predicted octanol–water partition coefficient (Wildman–Crippen LogP) is 2.83. The fourth-order valence-electron chi connectivity index (χ4n) is 2.73. The normalized spacial score (nSPS) is 13.3. The van der Waals surface area contributed by atoms with E-state index < -0.39 is 15.9 Å². The molecular formula is C19H21ClN2O5S. The van der Waals surface area contributed by atoms with Crippen LogP contribution in [0.4, 0.5) is 5.69 Å². The molecule has 0 fully saturated rings. The van der Waals surface area contributed by atoms with Gasteiger partial charge in [0.05, 0.1) is 10.6 Å². The number of carbonyl (C=O) groups excluding carboxylic acids is 1. The number of halogens is 1. The Labute approximate surface area is 169 Å². The Hall–Kier alpha value is -2.45. The number of hydrogen-bond acceptors (Lipinski definition) is 5. The van der Waals surface area contributed by atoms with Crippen molar-refractivity contribution in [1.29, 1.82) is 0 Å². The number of carbonyl (C=O) groups is 1. The molecule has 1 N–H and O–H groups in total. The SMILES string of the molecule is CC(C)NC(=O)CN(c1ccc(Cl)cc1)S(=O)(=O)c1ccc2c(c1)OCCO2. The van der Waals surface area contributed by atoms with Crippen molar-refractivity contribution in [3.8, 4) is 11.5 Å². The molecule has 0 saturated carbocycles. The Balaban J connectivity index is 2.00. The second-order valence-corrected chi connectivity index (χ2v) is 8.81. The van der Waals surface area contributed by atoms with Crippen LogP contribution in [0.1, 0.15) is 13.8 Å². The first-order valence-electron chi connectivity index (χ1n) is 8.74. The molecule has 150 valence electrons. The van der Waals surface area contributed by atoms with Gasteiger partial charge >= 0.3 is 0 Å². The lowest BCUT2D eigenvalue weighted by Gasteiger charge is -2.25. The highest BCUT2D eigenvalue weighted by Gasteiger charge is 2.29. The van der Waals surface area contributed by atoms with Gasteiger partial charge in [-0.15, -0.1) is 0 Å². The minimum Gasteiger partial charge on any atom is -0.486 e. The van der Waals surface area contributed by atoms with Crippen LogP contribution >= 0.6 is 11.6 Å². The van der Waals surface area contributed by atoms with Crippen molar-refractivity contribution in [2.45, 2.75) is 24.8 Å². The molecule has 0 unspecified atom stereocenters. The van der Waals surface area contributed by atoms with Crippen molar-refractivity contribution in [2.75, 3.05) is 24.1 Å². The van der Waals surface area contributed by atoms with Crippen molar-refractivity contribution in [1.82, 2.24) is 5.32 Å². The summed E-state index contributed by atoms with van der Waals surface area (Å²) in [5.74, 6) is 0.432. The van der Waals surface area contributed by atoms with Crippen LogP contribution in [0, 0.1) is 0 Å². The smallest absolute Gasteiger partial charge is 0.264 e. The summed E-state index contributed by atoms with van der Waals surface area (Å²) in [6.45, 7) is 4.00. The Morgan fingerprint density at radius 3 is 2.39 bits per heavy atom. The highest BCUT2D eigenvalue weighted by Crippen LogP contribution is 2.34. The van der Waals surface area contributed by atoms with E-state index in [2.05, 4.69) is 5.32 Å². The molecular weight excluding hydrogens is 404 g/mol. The molecule has 0 aliphatic carbocycles. The number of nitrogens with zero attached hydrogens (tertiary/aromatic N) is 1. The number of sulfonamides is 1. The number of nitrogens with one attached hydrogen (secondary N) is 1. The topological polar surface area (TPSA) is 84.9 Å². The van der Waals surface area contributed by atoms with Gasteiger partial charge in [0, 0.05) is 17.1 Å². The number of anilines is 1. The van der Waals surface area contributed by atoms with Crippen LogP contribution in [0.15, 0.2) is 47.4 Å². The first-order chi connectivity index (χ1) is 13.3. The van der Waals surface area contributed by atoms with Crippen LogP contribution in [0.5, 0.6) is 11.5 Å². The fraction of sp³-hybridized carbons (Fsp3) is 0.316. The Kier molecular flexibility index (Phi) is 6.00. The van der Waals surface area contributed by atoms with Gasteiger partial charge in [-0.2, -0.15) is 0 Å². The molecule has 2 aromatic carbocycles. The van der Waals surface area contributed by atoms with E-state index >= 15 is 0 Å². The molecule has 2 aromatic rings. The molecule has 0 saturated heterocycles. The molecule has 0 radical (unpaired) electrons. The molecule has 0 atom stereocenters. The third-order valence-corrected chi connectivity index (χ3v) is 5.97. The zero-order chi connectivity index (χ0) is 20.3. The summed E-state index contributed by atoms with van der Waals surface area (Å²) < 4.78 is 38.7. The molecule has 9 heteroatoms. The molecule has 0 spiro atoms. The van der Waals surface area contributed by atoms with Crippen molar-refractivity contribution in [3.05, 3.63) is 47.5 Å². The average molecular weight is 425 g/mol. The summed E-state index contributed by atoms with van der Waals surface area (Å²) in [6.07, 6.45) is 0. The van der Waals surface area contributed by atoms with E-state index in [0.717, 1.165) is 4.31 Å². The van der Waals surface area contributed by atoms with Gasteiger partial charge in [0.2, 0.25) is 5.91 Å². The monoisotopic (exact) mass is 424 g/mol. The zero-order valence-electron chi connectivity index (χ0n) is 15.5. The highest BCUT2D eigenvalue weighted by atomic mass is 35.5. The van der Waals surface area contributed by atoms with E-state index in [9.17, 15) is 13.2 Å². The standard InChI is InChI=1S/C19H21ClN2O5S/c1-13(2)21-19(23)12-22(15-5-3-14(20)4-6-15)28(24,25)16-7-8-17-18(11-16)27-10-9-26-17/h3-8,11,13H,9-10,12H2,1-2H3,(H,21,23). The maximum absolute atomic E-state index is 13.3. The number of rotatable bonds is 6. The van der Waals surface area contributed by atoms with E-state index in [1.165, 1.54) is 12.1 Å². The molecule has 0 aromatic heterocycles. The quantitative estimate of drug-likeness (QED) is 0.770. The first kappa shape index (κ1) is 20.3. The van der Waals surface area contributed by atoms with Gasteiger partial charge in [-0.3, -0.25) is 9.10 Å². The van der Waals surface area contributed by atoms with Crippen molar-refractivity contribution in [2.24, 2.45) is 0 Å². The van der Waals surface area contributed by atoms with Crippen LogP contribution in [0.2, 0.25) is 5.02 Å². The third-order valence-electron chi connectivity index (χ3n) is 3.95. The van der Waals surface area contributed by atoms with Gasteiger partial charge in [-0.1, -0.05) is 11.6 Å². The van der Waals surface area contributed by atoms with Gasteiger partial charge in [0.15, 0.2) is 11.5 Å². The van der Waals surface area contributed by atoms with Crippen LogP contribution in [-0.4, -0.2) is 40.1 Å². The summed E-state index contributed by atoms with van der Waals surface area (Å²) in [6, 6.07) is 10.5. The summed E-state index contributed by atoms with van der Waals surface area (Å²) >= 11 is 5.92. The largest absolute Gasteiger partial charge is 0.486 e. The van der Waals surface area contributed by atoms with Gasteiger partial charge in [0.25, 0.3) is 10.0 Å². The molecule has 1 heterocycles. The third kappa shape index (κ3) is 4.51. The van der Waals surface area contributed by atoms with Crippen molar-refractivity contribution >= 4 is 33.2 Å². The summed E-state index contributed by atoms with van der Waals surface area (Å²) in [5, 5.41) is 3.18. The molecule has 1 aliphatic rings. The van der Waals surface area contributed by atoms with E-state index in [1.807, 2.05) is 0 Å². The zero-order valence-corrected chi connectivity index (χ0v) is 17.1. The lowest BCUT2D eigenvalue weighted by Crippen LogP contribution is -2.42. The van der Waals surface area contributed by atoms with Gasteiger partial charge in [-0.25, -0.2) is 8.42 Å². The van der Waals surface area contributed by atoms with Gasteiger partial charge in [-0.05, 0) is 50.2 Å². The highest BCUT2D eigenvalue weighted by molar-refractivity contribution is 7.92. The first-order valence-corrected chi connectivity index (χ1v) is 10.6. The number of fused-ring (bicyclic) bond motifs is 1. The Bertz CT molecular complexity index is 961. The van der Waals surface area contributed by atoms with E-state index in [1.54, 1.807) is 44.2 Å². The number of amides is 1. The van der Waals surface area contributed by atoms with E-state index in [4.69, 9.17) is 21.1 Å². The second kappa shape index (κ2) is 8.28. The number of benzene rings is 2. The van der Waals surface area contributed by atoms with Crippen LogP contribution < -0.4 is 19.1 Å². The average Bonchev–Trinajstić information content (AvgIpc) is 2.66. The lowest BCUT2D eigenvalue weighted by atomic mass is 10.3. The Morgan fingerprint density at radius 2 is 1.75 bits per heavy atom. The summed E-state index contributed by atoms with van der Waals surface area (Å²) in [5.41, 5.74) is 0.332.